The highest BCUT2D eigenvalue weighted by molar-refractivity contribution is 7.10. The van der Waals surface area contributed by atoms with Crippen LogP contribution in [-0.2, 0) is 4.79 Å². The third-order valence-corrected chi connectivity index (χ3v) is 4.20. The van der Waals surface area contributed by atoms with Crippen LogP contribution in [0.2, 0.25) is 0 Å². The largest absolute Gasteiger partial charge is 0.347 e. The van der Waals surface area contributed by atoms with Gasteiger partial charge in [-0.1, -0.05) is 30.3 Å². The molecule has 1 atom stereocenters. The van der Waals surface area contributed by atoms with Crippen molar-refractivity contribution in [1.82, 2.24) is 15.6 Å². The lowest BCUT2D eigenvalue weighted by Gasteiger charge is -2.11. The minimum absolute atomic E-state index is 0. The molecule has 1 unspecified atom stereocenters. The fourth-order valence-corrected chi connectivity index (χ4v) is 2.86. The van der Waals surface area contributed by atoms with Gasteiger partial charge in [0, 0.05) is 17.4 Å². The second kappa shape index (κ2) is 9.56. The molecule has 0 saturated heterocycles. The Morgan fingerprint density at radius 3 is 2.73 bits per heavy atom. The number of nitrogens with zero attached hydrogens (tertiary/aromatic N) is 1. The Hall–Kier alpha value is -1.43. The second-order valence-electron chi connectivity index (χ2n) is 4.93. The molecule has 6 heteroatoms. The Morgan fingerprint density at radius 1 is 1.32 bits per heavy atom. The summed E-state index contributed by atoms with van der Waals surface area (Å²) in [6.07, 6.45) is 1.39. The molecule has 0 spiro atoms. The summed E-state index contributed by atoms with van der Waals surface area (Å²) in [6.45, 7) is 2.83. The predicted octanol–water partition coefficient (Wildman–Crippen LogP) is 3.41. The van der Waals surface area contributed by atoms with Gasteiger partial charge in [0.05, 0.1) is 11.7 Å². The van der Waals surface area contributed by atoms with E-state index in [-0.39, 0.29) is 24.4 Å². The van der Waals surface area contributed by atoms with Gasteiger partial charge in [-0.2, -0.15) is 0 Å². The number of aromatic nitrogens is 1. The van der Waals surface area contributed by atoms with Gasteiger partial charge in [-0.05, 0) is 26.9 Å². The van der Waals surface area contributed by atoms with Crippen molar-refractivity contribution in [3.05, 3.63) is 40.7 Å². The Morgan fingerprint density at radius 2 is 2.05 bits per heavy atom. The van der Waals surface area contributed by atoms with Crippen LogP contribution in [0.15, 0.2) is 35.7 Å². The summed E-state index contributed by atoms with van der Waals surface area (Å²) < 4.78 is 0. The first-order chi connectivity index (χ1) is 10.2. The average Bonchev–Trinajstić information content (AvgIpc) is 2.98. The van der Waals surface area contributed by atoms with E-state index >= 15 is 0 Å². The Balaban J connectivity index is 0.00000242. The molecule has 1 aromatic heterocycles. The highest BCUT2D eigenvalue weighted by Crippen LogP contribution is 2.25. The lowest BCUT2D eigenvalue weighted by Crippen LogP contribution is -2.27. The standard InChI is InChI=1S/C16H21N3OS.ClH/c1-12(18-15(20)9-6-10-17-2)16-19-14(11-21-16)13-7-4-3-5-8-13;/h3-5,7-8,11-12,17H,6,9-10H2,1-2H3,(H,18,20);1H. The Bertz CT molecular complexity index is 574. The number of amides is 1. The molecule has 0 aliphatic heterocycles. The van der Waals surface area contributed by atoms with Gasteiger partial charge in [0.2, 0.25) is 5.91 Å². The average molecular weight is 340 g/mol. The molecule has 0 bridgehead atoms. The van der Waals surface area contributed by atoms with Gasteiger partial charge in [-0.3, -0.25) is 4.79 Å². The van der Waals surface area contributed by atoms with E-state index in [0.29, 0.717) is 6.42 Å². The van der Waals surface area contributed by atoms with E-state index in [1.165, 1.54) is 0 Å². The van der Waals surface area contributed by atoms with Crippen molar-refractivity contribution < 1.29 is 4.79 Å². The van der Waals surface area contributed by atoms with Gasteiger partial charge in [0.1, 0.15) is 5.01 Å². The molecule has 2 N–H and O–H groups in total. The fourth-order valence-electron chi connectivity index (χ4n) is 2.03. The van der Waals surface area contributed by atoms with Crippen LogP contribution in [0.4, 0.5) is 0 Å². The number of rotatable bonds is 7. The van der Waals surface area contributed by atoms with Crippen LogP contribution in [0, 0.1) is 0 Å². The lowest BCUT2D eigenvalue weighted by molar-refractivity contribution is -0.121. The smallest absolute Gasteiger partial charge is 0.220 e. The van der Waals surface area contributed by atoms with Gasteiger partial charge in [0.25, 0.3) is 0 Å². The van der Waals surface area contributed by atoms with Crippen molar-refractivity contribution in [3.63, 3.8) is 0 Å². The number of nitrogens with one attached hydrogen (secondary N) is 2. The van der Waals surface area contributed by atoms with Crippen LogP contribution in [-0.4, -0.2) is 24.5 Å². The zero-order chi connectivity index (χ0) is 15.1. The lowest BCUT2D eigenvalue weighted by atomic mass is 10.2. The summed E-state index contributed by atoms with van der Waals surface area (Å²) in [5, 5.41) is 9.02. The molecule has 4 nitrogen and oxygen atoms in total. The predicted molar refractivity (Wildman–Crippen MR) is 94.5 cm³/mol. The van der Waals surface area contributed by atoms with Crippen molar-refractivity contribution in [2.45, 2.75) is 25.8 Å². The molecule has 0 aliphatic carbocycles. The van der Waals surface area contributed by atoms with Gasteiger partial charge in [-0.25, -0.2) is 4.98 Å². The van der Waals surface area contributed by atoms with E-state index in [9.17, 15) is 4.79 Å². The maximum Gasteiger partial charge on any atom is 0.220 e. The molecule has 22 heavy (non-hydrogen) atoms. The molecular weight excluding hydrogens is 318 g/mol. The SMILES string of the molecule is CNCCCC(=O)NC(C)c1nc(-c2ccccc2)cs1.Cl. The Labute approximate surface area is 141 Å². The molecule has 120 valence electrons. The van der Waals surface area contributed by atoms with Crippen LogP contribution in [0.1, 0.15) is 30.8 Å². The summed E-state index contributed by atoms with van der Waals surface area (Å²) in [7, 11) is 1.89. The third kappa shape index (κ3) is 5.40. The monoisotopic (exact) mass is 339 g/mol. The normalized spacial score (nSPS) is 11.5. The molecule has 2 rings (SSSR count). The maximum atomic E-state index is 11.8. The van der Waals surface area contributed by atoms with Crippen molar-refractivity contribution in [1.29, 1.82) is 0 Å². The fraction of sp³-hybridized carbons (Fsp3) is 0.375. The molecule has 0 aliphatic rings. The van der Waals surface area contributed by atoms with Crippen LogP contribution in [0.25, 0.3) is 11.3 Å². The molecular formula is C16H22ClN3OS. The molecule has 0 radical (unpaired) electrons. The third-order valence-electron chi connectivity index (χ3n) is 3.17. The molecule has 1 heterocycles. The van der Waals surface area contributed by atoms with E-state index in [0.717, 1.165) is 29.2 Å². The number of hydrogen-bond donors (Lipinski definition) is 2. The van der Waals surface area contributed by atoms with Crippen molar-refractivity contribution in [3.8, 4) is 11.3 Å². The molecule has 0 saturated carbocycles. The minimum Gasteiger partial charge on any atom is -0.347 e. The topological polar surface area (TPSA) is 54.0 Å². The summed E-state index contributed by atoms with van der Waals surface area (Å²) in [5.74, 6) is 0.0780. The molecule has 2 aromatic rings. The van der Waals surface area contributed by atoms with E-state index in [4.69, 9.17) is 0 Å². The highest BCUT2D eigenvalue weighted by atomic mass is 35.5. The molecule has 1 amide bonds. The van der Waals surface area contributed by atoms with Crippen LogP contribution in [0.5, 0.6) is 0 Å². The summed E-state index contributed by atoms with van der Waals surface area (Å²) in [5.41, 5.74) is 2.07. The zero-order valence-corrected chi connectivity index (χ0v) is 14.5. The quantitative estimate of drug-likeness (QED) is 0.760. The number of carbonyl (C=O) groups excluding carboxylic acids is 1. The number of carbonyl (C=O) groups is 1. The first-order valence-electron chi connectivity index (χ1n) is 7.15. The number of benzene rings is 1. The van der Waals surface area contributed by atoms with Crippen LogP contribution >= 0.6 is 23.7 Å². The van der Waals surface area contributed by atoms with Crippen LogP contribution in [0.3, 0.4) is 0 Å². The summed E-state index contributed by atoms with van der Waals surface area (Å²) >= 11 is 1.58. The zero-order valence-electron chi connectivity index (χ0n) is 12.8. The van der Waals surface area contributed by atoms with E-state index in [2.05, 4.69) is 15.6 Å². The maximum absolute atomic E-state index is 11.8. The number of thiazole rings is 1. The van der Waals surface area contributed by atoms with Crippen molar-refractivity contribution >= 4 is 29.7 Å². The van der Waals surface area contributed by atoms with Gasteiger partial charge in [-0.15, -0.1) is 23.7 Å². The Kier molecular flexibility index (Phi) is 8.09. The van der Waals surface area contributed by atoms with Gasteiger partial charge in [0.15, 0.2) is 0 Å². The molecule has 0 fully saturated rings. The summed E-state index contributed by atoms with van der Waals surface area (Å²) in [6, 6.07) is 10.0. The number of halogens is 1. The first kappa shape index (κ1) is 18.6. The summed E-state index contributed by atoms with van der Waals surface area (Å²) in [4.78, 5) is 16.4. The van der Waals surface area contributed by atoms with Crippen LogP contribution < -0.4 is 10.6 Å². The van der Waals surface area contributed by atoms with E-state index in [1.807, 2.05) is 49.7 Å². The highest BCUT2D eigenvalue weighted by Gasteiger charge is 2.13. The van der Waals surface area contributed by atoms with E-state index < -0.39 is 0 Å². The molecule has 1 aromatic carbocycles. The van der Waals surface area contributed by atoms with E-state index in [1.54, 1.807) is 11.3 Å². The first-order valence-corrected chi connectivity index (χ1v) is 8.03. The van der Waals surface area contributed by atoms with Gasteiger partial charge < -0.3 is 10.6 Å². The van der Waals surface area contributed by atoms with Gasteiger partial charge >= 0.3 is 0 Å². The number of hydrogen-bond acceptors (Lipinski definition) is 4. The van der Waals surface area contributed by atoms with Crippen molar-refractivity contribution in [2.24, 2.45) is 0 Å². The minimum atomic E-state index is -0.0467. The second-order valence-corrected chi connectivity index (χ2v) is 5.82. The van der Waals surface area contributed by atoms with Crippen molar-refractivity contribution in [2.75, 3.05) is 13.6 Å².